The van der Waals surface area contributed by atoms with Crippen molar-refractivity contribution in [3.63, 3.8) is 0 Å². The van der Waals surface area contributed by atoms with Crippen molar-refractivity contribution in [1.29, 1.82) is 0 Å². The van der Waals surface area contributed by atoms with Gasteiger partial charge in [0.25, 0.3) is 5.56 Å². The Labute approximate surface area is 235 Å². The van der Waals surface area contributed by atoms with E-state index in [1.165, 1.54) is 28.0 Å². The second-order valence-electron chi connectivity index (χ2n) is 10.2. The molecule has 0 radical (unpaired) electrons. The van der Waals surface area contributed by atoms with E-state index in [1.807, 2.05) is 53.1 Å². The molecule has 0 fully saturated rings. The Morgan fingerprint density at radius 3 is 2.49 bits per heavy atom. The van der Waals surface area contributed by atoms with Gasteiger partial charge in [0, 0.05) is 27.7 Å². The van der Waals surface area contributed by atoms with Crippen LogP contribution in [-0.4, -0.2) is 9.13 Å². The molecular formula is C33H26ClN3OS. The molecule has 4 nitrogen and oxygen atoms in total. The number of rotatable bonds is 3. The van der Waals surface area contributed by atoms with Gasteiger partial charge < -0.3 is 4.57 Å². The number of allylic oxidation sites excluding steroid dienone is 1. The molecule has 0 amide bonds. The molecule has 0 unspecified atom stereocenters. The minimum Gasteiger partial charge on any atom is -0.318 e. The van der Waals surface area contributed by atoms with Gasteiger partial charge in [0.2, 0.25) is 0 Å². The first kappa shape index (κ1) is 24.1. The van der Waals surface area contributed by atoms with Crippen LogP contribution in [0.15, 0.2) is 100 Å². The summed E-state index contributed by atoms with van der Waals surface area (Å²) < 4.78 is 4.81. The van der Waals surface area contributed by atoms with Gasteiger partial charge >= 0.3 is 0 Å². The van der Waals surface area contributed by atoms with Gasteiger partial charge in [-0.2, -0.15) is 0 Å². The van der Waals surface area contributed by atoms with Crippen molar-refractivity contribution in [2.45, 2.75) is 32.7 Å². The van der Waals surface area contributed by atoms with E-state index >= 15 is 0 Å². The fourth-order valence-electron chi connectivity index (χ4n) is 6.02. The number of thiazole rings is 1. The number of nitrogens with zero attached hydrogens (tertiary/aromatic N) is 3. The zero-order chi connectivity index (χ0) is 26.7. The minimum absolute atomic E-state index is 0.00590. The highest BCUT2D eigenvalue weighted by Gasteiger charge is 2.32. The van der Waals surface area contributed by atoms with Crippen LogP contribution in [0.3, 0.4) is 0 Å². The summed E-state index contributed by atoms with van der Waals surface area (Å²) in [4.78, 5) is 20.0. The van der Waals surface area contributed by atoms with Gasteiger partial charge in [-0.25, -0.2) is 4.99 Å². The minimum atomic E-state index is -0.208. The number of halogens is 1. The largest absolute Gasteiger partial charge is 0.318 e. The number of fused-ring (bicyclic) bond motifs is 3. The van der Waals surface area contributed by atoms with Crippen molar-refractivity contribution in [1.82, 2.24) is 9.13 Å². The van der Waals surface area contributed by atoms with Crippen LogP contribution in [0.2, 0.25) is 5.02 Å². The van der Waals surface area contributed by atoms with Gasteiger partial charge in [-0.3, -0.25) is 9.36 Å². The predicted octanol–water partition coefficient (Wildman–Crippen LogP) is 6.38. The lowest BCUT2D eigenvalue weighted by Crippen LogP contribution is -2.38. The van der Waals surface area contributed by atoms with E-state index in [0.29, 0.717) is 9.55 Å². The third kappa shape index (κ3) is 3.96. The average Bonchev–Trinajstić information content (AvgIpc) is 3.42. The summed E-state index contributed by atoms with van der Waals surface area (Å²) in [6.07, 6.45) is 3.83. The lowest BCUT2D eigenvalue weighted by atomic mass is 9.83. The Bertz CT molecular complexity index is 1960. The van der Waals surface area contributed by atoms with Gasteiger partial charge in [-0.15, -0.1) is 0 Å². The predicted molar refractivity (Wildman–Crippen MR) is 159 cm³/mol. The van der Waals surface area contributed by atoms with Gasteiger partial charge in [0.1, 0.15) is 0 Å². The van der Waals surface area contributed by atoms with Crippen LogP contribution in [-0.2, 0) is 6.42 Å². The highest BCUT2D eigenvalue weighted by Crippen LogP contribution is 2.41. The van der Waals surface area contributed by atoms with E-state index in [4.69, 9.17) is 16.6 Å². The van der Waals surface area contributed by atoms with E-state index in [9.17, 15) is 4.79 Å². The smallest absolute Gasteiger partial charge is 0.271 e. The first-order valence-corrected chi connectivity index (χ1v) is 14.3. The molecule has 192 valence electrons. The standard InChI is InChI=1S/C33H26ClN3OS/c1-20-18-24(21(2)36(20)26-9-4-3-5-10-26)19-29-32(38)37-31(23-12-15-25(34)16-13-23)28-17-14-22-8-6-7-11-27(22)30(28)35-33(37)39-29/h3-13,15-16,18-19,31H,14,17H2,1-2H3/b29-19+/t31-/m0/s1. The summed E-state index contributed by atoms with van der Waals surface area (Å²) in [6.45, 7) is 4.21. The fourth-order valence-corrected chi connectivity index (χ4v) is 7.13. The van der Waals surface area contributed by atoms with Gasteiger partial charge in [0.05, 0.1) is 16.3 Å². The van der Waals surface area contributed by atoms with Crippen molar-refractivity contribution in [2.24, 2.45) is 4.99 Å². The lowest BCUT2D eigenvalue weighted by molar-refractivity contribution is 0.585. The molecule has 3 heterocycles. The van der Waals surface area contributed by atoms with E-state index in [-0.39, 0.29) is 11.6 Å². The van der Waals surface area contributed by atoms with Crippen molar-refractivity contribution >= 4 is 34.7 Å². The molecule has 2 aromatic heterocycles. The first-order chi connectivity index (χ1) is 19.0. The first-order valence-electron chi connectivity index (χ1n) is 13.1. The molecule has 7 rings (SSSR count). The van der Waals surface area contributed by atoms with Crippen LogP contribution in [0.4, 0.5) is 0 Å². The zero-order valence-corrected chi connectivity index (χ0v) is 23.3. The third-order valence-corrected chi connectivity index (χ3v) is 9.06. The normalized spacial score (nSPS) is 16.5. The Balaban J connectivity index is 1.45. The van der Waals surface area contributed by atoms with Crippen LogP contribution < -0.4 is 14.9 Å². The fraction of sp³-hybridized carbons (Fsp3) is 0.152. The van der Waals surface area contributed by atoms with Crippen molar-refractivity contribution in [3.05, 3.63) is 149 Å². The Hall–Kier alpha value is -3.93. The molecule has 1 aliphatic carbocycles. The molecule has 0 spiro atoms. The molecule has 0 saturated carbocycles. The highest BCUT2D eigenvalue weighted by atomic mass is 35.5. The van der Waals surface area contributed by atoms with Crippen LogP contribution in [0.1, 0.15) is 46.1 Å². The number of benzene rings is 3. The van der Waals surface area contributed by atoms with Gasteiger partial charge in [-0.05, 0) is 85.4 Å². The maximum Gasteiger partial charge on any atom is 0.271 e. The summed E-state index contributed by atoms with van der Waals surface area (Å²) in [5.74, 6) is 0. The second kappa shape index (κ2) is 9.37. The molecule has 2 aliphatic rings. The zero-order valence-electron chi connectivity index (χ0n) is 21.7. The van der Waals surface area contributed by atoms with Crippen LogP contribution >= 0.6 is 22.9 Å². The number of hydrogen-bond donors (Lipinski definition) is 0. The van der Waals surface area contributed by atoms with Gasteiger partial charge in [-0.1, -0.05) is 77.5 Å². The molecule has 0 N–H and O–H groups in total. The topological polar surface area (TPSA) is 39.3 Å². The van der Waals surface area contributed by atoms with Crippen molar-refractivity contribution in [3.8, 4) is 5.69 Å². The molecule has 1 atom stereocenters. The molecule has 0 bridgehead atoms. The summed E-state index contributed by atoms with van der Waals surface area (Å²) in [6, 6.07) is 28.6. The van der Waals surface area contributed by atoms with Crippen molar-refractivity contribution in [2.75, 3.05) is 0 Å². The molecule has 1 aliphatic heterocycles. The van der Waals surface area contributed by atoms with E-state index < -0.39 is 0 Å². The summed E-state index contributed by atoms with van der Waals surface area (Å²) in [5, 5.41) is 0.683. The average molecular weight is 548 g/mol. The Morgan fingerprint density at radius 1 is 0.949 bits per heavy atom. The maximum absolute atomic E-state index is 14.1. The van der Waals surface area contributed by atoms with Crippen LogP contribution in [0, 0.1) is 13.8 Å². The number of hydrogen-bond acceptors (Lipinski definition) is 3. The monoisotopic (exact) mass is 547 g/mol. The van der Waals surface area contributed by atoms with E-state index in [2.05, 4.69) is 60.9 Å². The van der Waals surface area contributed by atoms with E-state index in [0.717, 1.165) is 51.5 Å². The number of para-hydroxylation sites is 1. The molecule has 39 heavy (non-hydrogen) atoms. The summed E-state index contributed by atoms with van der Waals surface area (Å²) in [7, 11) is 0. The molecule has 5 aromatic rings. The summed E-state index contributed by atoms with van der Waals surface area (Å²) >= 11 is 7.72. The van der Waals surface area contributed by atoms with Crippen molar-refractivity contribution < 1.29 is 0 Å². The number of aromatic nitrogens is 2. The lowest BCUT2D eigenvalue weighted by Gasteiger charge is -2.30. The number of aryl methyl sites for hydroxylation is 2. The Morgan fingerprint density at radius 2 is 1.69 bits per heavy atom. The van der Waals surface area contributed by atoms with Crippen LogP contribution in [0.25, 0.3) is 17.5 Å². The SMILES string of the molecule is Cc1cc(/C=c2/sc3n(c2=O)[C@@H](c2ccc(Cl)cc2)C2=C(N=3)c3ccccc3CC2)c(C)n1-c1ccccc1. The Kier molecular flexibility index (Phi) is 5.80. The molecule has 3 aromatic carbocycles. The van der Waals surface area contributed by atoms with Crippen LogP contribution in [0.5, 0.6) is 0 Å². The quantitative estimate of drug-likeness (QED) is 0.258. The van der Waals surface area contributed by atoms with Gasteiger partial charge in [0.15, 0.2) is 4.80 Å². The highest BCUT2D eigenvalue weighted by molar-refractivity contribution is 7.07. The molecule has 6 heteroatoms. The molecular weight excluding hydrogens is 522 g/mol. The molecule has 0 saturated heterocycles. The van der Waals surface area contributed by atoms with E-state index in [1.54, 1.807) is 0 Å². The second-order valence-corrected chi connectivity index (χ2v) is 11.6. The third-order valence-electron chi connectivity index (χ3n) is 7.83. The maximum atomic E-state index is 14.1. The summed E-state index contributed by atoms with van der Waals surface area (Å²) in [5.41, 5.74) is 10.1.